The van der Waals surface area contributed by atoms with Gasteiger partial charge in [0.2, 0.25) is 0 Å². The zero-order chi connectivity index (χ0) is 13.5. The van der Waals surface area contributed by atoms with Crippen molar-refractivity contribution in [3.63, 3.8) is 0 Å². The van der Waals surface area contributed by atoms with Gasteiger partial charge in [-0.2, -0.15) is 0 Å². The van der Waals surface area contributed by atoms with Crippen LogP contribution in [0.5, 0.6) is 11.5 Å². The van der Waals surface area contributed by atoms with Crippen molar-refractivity contribution in [2.45, 2.75) is 12.8 Å². The molecule has 4 nitrogen and oxygen atoms in total. The molecule has 2 N–H and O–H groups in total. The molecule has 1 heterocycles. The molecule has 0 bridgehead atoms. The Hall–Kier alpha value is -1.68. The van der Waals surface area contributed by atoms with E-state index in [0.29, 0.717) is 6.61 Å². The Kier molecular flexibility index (Phi) is 5.10. The first-order valence-electron chi connectivity index (χ1n) is 6.75. The molecule has 0 saturated carbocycles. The molecule has 2 rings (SSSR count). The van der Waals surface area contributed by atoms with Crippen molar-refractivity contribution in [3.8, 4) is 11.5 Å². The van der Waals surface area contributed by atoms with Crippen LogP contribution >= 0.6 is 0 Å². The second-order valence-corrected chi connectivity index (χ2v) is 4.48. The molecule has 1 aliphatic rings. The topological polar surface area (TPSA) is 42.5 Å². The minimum Gasteiger partial charge on any atom is -0.493 e. The minimum atomic E-state index is 0.643. The van der Waals surface area contributed by atoms with Crippen LogP contribution < -0.4 is 20.1 Å². The number of rotatable bonds is 8. The summed E-state index contributed by atoms with van der Waals surface area (Å²) in [7, 11) is 1.68. The van der Waals surface area contributed by atoms with Crippen LogP contribution in [0.1, 0.15) is 12.0 Å². The van der Waals surface area contributed by atoms with Crippen LogP contribution in [-0.2, 0) is 6.42 Å². The molecule has 0 fully saturated rings. The van der Waals surface area contributed by atoms with Gasteiger partial charge in [0.15, 0.2) is 11.5 Å². The van der Waals surface area contributed by atoms with Crippen LogP contribution in [0, 0.1) is 0 Å². The summed E-state index contributed by atoms with van der Waals surface area (Å²) in [5.74, 6) is 1.70. The molecule has 0 atom stereocenters. The molecule has 19 heavy (non-hydrogen) atoms. The smallest absolute Gasteiger partial charge is 0.166 e. The molecule has 0 spiro atoms. The molecule has 0 unspecified atom stereocenters. The first-order chi connectivity index (χ1) is 9.36. The van der Waals surface area contributed by atoms with Crippen molar-refractivity contribution < 1.29 is 9.47 Å². The van der Waals surface area contributed by atoms with Crippen molar-refractivity contribution >= 4 is 5.69 Å². The Balaban J connectivity index is 1.91. The Labute approximate surface area is 114 Å². The molecule has 0 aromatic heterocycles. The van der Waals surface area contributed by atoms with Gasteiger partial charge in [-0.3, -0.25) is 0 Å². The fraction of sp³-hybridized carbons (Fsp3) is 0.467. The maximum absolute atomic E-state index is 5.90. The van der Waals surface area contributed by atoms with E-state index in [-0.39, 0.29) is 0 Å². The lowest BCUT2D eigenvalue weighted by atomic mass is 10.1. The van der Waals surface area contributed by atoms with Gasteiger partial charge in [0, 0.05) is 24.3 Å². The molecule has 0 radical (unpaired) electrons. The summed E-state index contributed by atoms with van der Waals surface area (Å²) < 4.78 is 11.3. The molecule has 0 saturated heterocycles. The van der Waals surface area contributed by atoms with E-state index in [0.717, 1.165) is 49.7 Å². The molecule has 0 amide bonds. The maximum Gasteiger partial charge on any atom is 0.166 e. The zero-order valence-electron chi connectivity index (χ0n) is 11.5. The molecule has 4 heteroatoms. The molecule has 1 aromatic rings. The van der Waals surface area contributed by atoms with Crippen LogP contribution in [0.3, 0.4) is 0 Å². The largest absolute Gasteiger partial charge is 0.493 e. The normalized spacial score (nSPS) is 12.7. The third kappa shape index (κ3) is 3.41. The fourth-order valence-electron chi connectivity index (χ4n) is 2.22. The summed E-state index contributed by atoms with van der Waals surface area (Å²) in [6.07, 6.45) is 3.88. The number of methoxy groups -OCH3 is 1. The van der Waals surface area contributed by atoms with Gasteiger partial charge in [-0.25, -0.2) is 0 Å². The first kappa shape index (κ1) is 13.7. The number of hydrogen-bond acceptors (Lipinski definition) is 4. The van der Waals surface area contributed by atoms with Gasteiger partial charge in [0.25, 0.3) is 0 Å². The average molecular weight is 262 g/mol. The van der Waals surface area contributed by atoms with Crippen molar-refractivity contribution in [2.24, 2.45) is 0 Å². The Morgan fingerprint density at radius 2 is 2.32 bits per heavy atom. The predicted octanol–water partition coefficient (Wildman–Crippen LogP) is 2.21. The minimum absolute atomic E-state index is 0.643. The lowest BCUT2D eigenvalue weighted by Gasteiger charge is -2.14. The van der Waals surface area contributed by atoms with Crippen LogP contribution in [0.4, 0.5) is 5.69 Å². The SMILES string of the molecule is C=CCCNCCOc1c(OC)ccc2c1CCN2. The zero-order valence-corrected chi connectivity index (χ0v) is 11.5. The second kappa shape index (κ2) is 7.04. The molecular weight excluding hydrogens is 240 g/mol. The third-order valence-electron chi connectivity index (χ3n) is 3.19. The molecule has 104 valence electrons. The van der Waals surface area contributed by atoms with E-state index in [4.69, 9.17) is 9.47 Å². The number of anilines is 1. The van der Waals surface area contributed by atoms with Gasteiger partial charge in [-0.05, 0) is 31.5 Å². The monoisotopic (exact) mass is 262 g/mol. The van der Waals surface area contributed by atoms with Crippen LogP contribution in [0.15, 0.2) is 24.8 Å². The highest BCUT2D eigenvalue weighted by molar-refractivity contribution is 5.65. The number of hydrogen-bond donors (Lipinski definition) is 2. The molecule has 1 aliphatic heterocycles. The number of nitrogens with one attached hydrogen (secondary N) is 2. The van der Waals surface area contributed by atoms with Crippen molar-refractivity contribution in [1.29, 1.82) is 0 Å². The highest BCUT2D eigenvalue weighted by Gasteiger charge is 2.19. The Morgan fingerprint density at radius 3 is 3.11 bits per heavy atom. The summed E-state index contributed by atoms with van der Waals surface area (Å²) in [6, 6.07) is 4.01. The number of benzene rings is 1. The van der Waals surface area contributed by atoms with E-state index in [2.05, 4.69) is 23.3 Å². The molecule has 0 aliphatic carbocycles. The second-order valence-electron chi connectivity index (χ2n) is 4.48. The first-order valence-corrected chi connectivity index (χ1v) is 6.75. The quantitative estimate of drug-likeness (QED) is 0.557. The van der Waals surface area contributed by atoms with E-state index in [1.165, 1.54) is 5.56 Å². The number of fused-ring (bicyclic) bond motifs is 1. The fourth-order valence-corrected chi connectivity index (χ4v) is 2.22. The van der Waals surface area contributed by atoms with Gasteiger partial charge in [-0.15, -0.1) is 6.58 Å². The van der Waals surface area contributed by atoms with E-state index in [9.17, 15) is 0 Å². The lowest BCUT2D eigenvalue weighted by Crippen LogP contribution is -2.22. The van der Waals surface area contributed by atoms with E-state index in [1.807, 2.05) is 12.1 Å². The van der Waals surface area contributed by atoms with Gasteiger partial charge in [0.05, 0.1) is 7.11 Å². The van der Waals surface area contributed by atoms with E-state index < -0.39 is 0 Å². The van der Waals surface area contributed by atoms with Gasteiger partial charge in [0.1, 0.15) is 6.61 Å². The molecule has 1 aromatic carbocycles. The predicted molar refractivity (Wildman–Crippen MR) is 78.4 cm³/mol. The van der Waals surface area contributed by atoms with Crippen LogP contribution in [-0.4, -0.2) is 33.4 Å². The van der Waals surface area contributed by atoms with E-state index >= 15 is 0 Å². The average Bonchev–Trinajstić information content (AvgIpc) is 2.91. The Morgan fingerprint density at radius 1 is 1.42 bits per heavy atom. The summed E-state index contributed by atoms with van der Waals surface area (Å²) in [6.45, 7) is 7.08. The summed E-state index contributed by atoms with van der Waals surface area (Å²) in [5.41, 5.74) is 2.39. The standard InChI is InChI=1S/C15H22N2O2/c1-3-4-8-16-10-11-19-15-12-7-9-17-13(12)5-6-14(15)18-2/h3,5-6,16-17H,1,4,7-11H2,2H3. The Bertz CT molecular complexity index is 432. The highest BCUT2D eigenvalue weighted by atomic mass is 16.5. The van der Waals surface area contributed by atoms with Crippen molar-refractivity contribution in [2.75, 3.05) is 38.7 Å². The van der Waals surface area contributed by atoms with Crippen LogP contribution in [0.25, 0.3) is 0 Å². The van der Waals surface area contributed by atoms with Crippen molar-refractivity contribution in [1.82, 2.24) is 5.32 Å². The summed E-state index contributed by atoms with van der Waals surface area (Å²) >= 11 is 0. The lowest BCUT2D eigenvalue weighted by molar-refractivity contribution is 0.290. The van der Waals surface area contributed by atoms with Crippen LogP contribution in [0.2, 0.25) is 0 Å². The van der Waals surface area contributed by atoms with Gasteiger partial charge >= 0.3 is 0 Å². The van der Waals surface area contributed by atoms with E-state index in [1.54, 1.807) is 7.11 Å². The maximum atomic E-state index is 5.90. The van der Waals surface area contributed by atoms with Gasteiger partial charge in [-0.1, -0.05) is 6.08 Å². The van der Waals surface area contributed by atoms with Crippen molar-refractivity contribution in [3.05, 3.63) is 30.4 Å². The summed E-state index contributed by atoms with van der Waals surface area (Å²) in [4.78, 5) is 0. The number of ether oxygens (including phenoxy) is 2. The highest BCUT2D eigenvalue weighted by Crippen LogP contribution is 2.38. The third-order valence-corrected chi connectivity index (χ3v) is 3.19. The molecular formula is C15H22N2O2. The summed E-state index contributed by atoms with van der Waals surface area (Å²) in [5, 5.41) is 6.66. The van der Waals surface area contributed by atoms with Gasteiger partial charge < -0.3 is 20.1 Å².